The number of rotatable bonds is 1. The van der Waals surface area contributed by atoms with Crippen LogP contribution in [0.1, 0.15) is 11.1 Å². The second-order valence-corrected chi connectivity index (χ2v) is 5.16. The fourth-order valence-electron chi connectivity index (χ4n) is 2.26. The molecule has 1 heterocycles. The lowest BCUT2D eigenvalue weighted by molar-refractivity contribution is 1.10. The molecular weight excluding hydrogens is 258 g/mol. The van der Waals surface area contributed by atoms with Gasteiger partial charge in [0.05, 0.1) is 21.7 Å². The molecule has 0 bridgehead atoms. The second kappa shape index (κ2) is 4.28. The molecule has 0 saturated heterocycles. The molecule has 4 heteroatoms. The van der Waals surface area contributed by atoms with Gasteiger partial charge >= 0.3 is 0 Å². The van der Waals surface area contributed by atoms with E-state index in [0.29, 0.717) is 11.0 Å². The predicted molar refractivity (Wildman–Crippen MR) is 80.0 cm³/mol. The van der Waals surface area contributed by atoms with Gasteiger partial charge < -0.3 is 5.73 Å². The Hall–Kier alpha value is -2.00. The minimum absolute atomic E-state index is 0.452. The smallest absolute Gasteiger partial charge is 0.205 e. The van der Waals surface area contributed by atoms with E-state index in [1.165, 1.54) is 0 Å². The first kappa shape index (κ1) is 12.1. The lowest BCUT2D eigenvalue weighted by Gasteiger charge is -2.09. The van der Waals surface area contributed by atoms with E-state index in [2.05, 4.69) is 4.98 Å². The number of nitrogen functional groups attached to an aromatic ring is 1. The molecule has 2 aromatic carbocycles. The third-order valence-electron chi connectivity index (χ3n) is 3.18. The molecule has 0 spiro atoms. The van der Waals surface area contributed by atoms with Gasteiger partial charge in [0.25, 0.3) is 0 Å². The van der Waals surface area contributed by atoms with Gasteiger partial charge in [-0.05, 0) is 49.2 Å². The van der Waals surface area contributed by atoms with Crippen molar-refractivity contribution in [1.29, 1.82) is 0 Å². The third kappa shape index (κ3) is 1.96. The van der Waals surface area contributed by atoms with Crippen LogP contribution in [-0.4, -0.2) is 9.55 Å². The molecule has 0 aliphatic carbocycles. The highest BCUT2D eigenvalue weighted by Crippen LogP contribution is 2.29. The number of halogens is 1. The van der Waals surface area contributed by atoms with Gasteiger partial charge in [0.15, 0.2) is 0 Å². The van der Waals surface area contributed by atoms with Crippen molar-refractivity contribution in [2.75, 3.05) is 5.73 Å². The van der Waals surface area contributed by atoms with Crippen LogP contribution in [0.3, 0.4) is 0 Å². The lowest BCUT2D eigenvalue weighted by atomic mass is 10.2. The number of benzene rings is 2. The summed E-state index contributed by atoms with van der Waals surface area (Å²) in [5, 5.41) is 0.664. The minimum Gasteiger partial charge on any atom is -0.369 e. The predicted octanol–water partition coefficient (Wildman–Crippen LogP) is 3.88. The van der Waals surface area contributed by atoms with E-state index in [4.69, 9.17) is 17.3 Å². The van der Waals surface area contributed by atoms with E-state index in [-0.39, 0.29) is 0 Å². The van der Waals surface area contributed by atoms with Crippen molar-refractivity contribution in [3.8, 4) is 5.69 Å². The maximum absolute atomic E-state index is 6.29. The minimum atomic E-state index is 0.452. The molecule has 0 radical (unpaired) electrons. The monoisotopic (exact) mass is 271 g/mol. The molecule has 2 N–H and O–H groups in total. The summed E-state index contributed by atoms with van der Waals surface area (Å²) in [6.45, 7) is 4.06. The maximum Gasteiger partial charge on any atom is 0.205 e. The zero-order valence-electron chi connectivity index (χ0n) is 10.8. The largest absolute Gasteiger partial charge is 0.369 e. The summed E-state index contributed by atoms with van der Waals surface area (Å²) in [6, 6.07) is 12.0. The van der Waals surface area contributed by atoms with Crippen molar-refractivity contribution in [3.63, 3.8) is 0 Å². The highest BCUT2D eigenvalue weighted by Gasteiger charge is 2.12. The van der Waals surface area contributed by atoms with Gasteiger partial charge in [-0.1, -0.05) is 23.7 Å². The van der Waals surface area contributed by atoms with Gasteiger partial charge in [-0.3, -0.25) is 4.57 Å². The van der Waals surface area contributed by atoms with Crippen molar-refractivity contribution >= 4 is 28.6 Å². The van der Waals surface area contributed by atoms with E-state index in [1.54, 1.807) is 0 Å². The Kier molecular flexibility index (Phi) is 2.72. The molecule has 3 aromatic rings. The highest BCUT2D eigenvalue weighted by atomic mass is 35.5. The summed E-state index contributed by atoms with van der Waals surface area (Å²) in [6.07, 6.45) is 0. The Morgan fingerprint density at radius 1 is 1.05 bits per heavy atom. The normalized spacial score (nSPS) is 11.1. The number of hydrogen-bond acceptors (Lipinski definition) is 2. The van der Waals surface area contributed by atoms with Crippen LogP contribution in [0.2, 0.25) is 5.02 Å². The average Bonchev–Trinajstić information content (AvgIpc) is 2.67. The van der Waals surface area contributed by atoms with Crippen LogP contribution in [0, 0.1) is 13.8 Å². The number of imidazole rings is 1. The average molecular weight is 272 g/mol. The first-order chi connectivity index (χ1) is 9.06. The van der Waals surface area contributed by atoms with Crippen LogP contribution in [-0.2, 0) is 0 Å². The van der Waals surface area contributed by atoms with Crippen LogP contribution in [0.15, 0.2) is 36.4 Å². The SMILES string of the molecule is Cc1ccc(Cl)c(-n2c(N)nc3cc(C)ccc32)c1. The van der Waals surface area contributed by atoms with Gasteiger partial charge in [0, 0.05) is 0 Å². The van der Waals surface area contributed by atoms with E-state index >= 15 is 0 Å². The molecule has 96 valence electrons. The number of aryl methyl sites for hydroxylation is 2. The van der Waals surface area contributed by atoms with Gasteiger partial charge in [-0.15, -0.1) is 0 Å². The molecular formula is C15H14ClN3. The van der Waals surface area contributed by atoms with Gasteiger partial charge in [-0.25, -0.2) is 4.98 Å². The van der Waals surface area contributed by atoms with Crippen molar-refractivity contribution in [2.45, 2.75) is 13.8 Å². The van der Waals surface area contributed by atoms with Gasteiger partial charge in [0.1, 0.15) is 0 Å². The van der Waals surface area contributed by atoms with Crippen LogP contribution >= 0.6 is 11.6 Å². The van der Waals surface area contributed by atoms with Crippen LogP contribution in [0.5, 0.6) is 0 Å². The maximum atomic E-state index is 6.29. The molecule has 0 fully saturated rings. The number of fused-ring (bicyclic) bond motifs is 1. The van der Waals surface area contributed by atoms with Gasteiger partial charge in [0.2, 0.25) is 5.95 Å². The summed E-state index contributed by atoms with van der Waals surface area (Å²) < 4.78 is 1.89. The van der Waals surface area contributed by atoms with Gasteiger partial charge in [-0.2, -0.15) is 0 Å². The molecule has 0 aliphatic rings. The zero-order chi connectivity index (χ0) is 13.6. The van der Waals surface area contributed by atoms with Crippen molar-refractivity contribution in [2.24, 2.45) is 0 Å². The summed E-state index contributed by atoms with van der Waals surface area (Å²) in [7, 11) is 0. The standard InChI is InChI=1S/C15H14ClN3/c1-9-4-6-13-12(7-9)18-15(17)19(13)14-8-10(2)3-5-11(14)16/h3-8H,1-2H3,(H2,17,18). The Labute approximate surface area is 116 Å². The van der Waals surface area contributed by atoms with Crippen molar-refractivity contribution in [1.82, 2.24) is 9.55 Å². The van der Waals surface area contributed by atoms with E-state index in [9.17, 15) is 0 Å². The van der Waals surface area contributed by atoms with E-state index in [0.717, 1.165) is 27.8 Å². The zero-order valence-corrected chi connectivity index (χ0v) is 11.6. The molecule has 3 rings (SSSR count). The highest BCUT2D eigenvalue weighted by molar-refractivity contribution is 6.32. The molecule has 19 heavy (non-hydrogen) atoms. The lowest BCUT2D eigenvalue weighted by Crippen LogP contribution is -2.01. The number of nitrogens with two attached hydrogens (primary N) is 1. The van der Waals surface area contributed by atoms with Crippen LogP contribution in [0.25, 0.3) is 16.7 Å². The summed E-state index contributed by atoms with van der Waals surface area (Å²) >= 11 is 6.29. The molecule has 3 nitrogen and oxygen atoms in total. The molecule has 0 aliphatic heterocycles. The summed E-state index contributed by atoms with van der Waals surface area (Å²) in [5.74, 6) is 0.452. The Bertz CT molecular complexity index is 774. The summed E-state index contributed by atoms with van der Waals surface area (Å²) in [4.78, 5) is 4.40. The van der Waals surface area contributed by atoms with Crippen LogP contribution in [0.4, 0.5) is 5.95 Å². The Balaban J connectivity index is 2.36. The molecule has 0 atom stereocenters. The number of aromatic nitrogens is 2. The first-order valence-corrected chi connectivity index (χ1v) is 6.45. The quantitative estimate of drug-likeness (QED) is 0.730. The fraction of sp³-hybridized carbons (Fsp3) is 0.133. The molecule has 0 unspecified atom stereocenters. The third-order valence-corrected chi connectivity index (χ3v) is 3.50. The Morgan fingerprint density at radius 3 is 2.53 bits per heavy atom. The topological polar surface area (TPSA) is 43.8 Å². The van der Waals surface area contributed by atoms with E-state index in [1.807, 2.05) is 54.8 Å². The number of nitrogens with zero attached hydrogens (tertiary/aromatic N) is 2. The number of anilines is 1. The van der Waals surface area contributed by atoms with Crippen molar-refractivity contribution in [3.05, 3.63) is 52.5 Å². The van der Waals surface area contributed by atoms with Crippen LogP contribution < -0.4 is 5.73 Å². The molecule has 1 aromatic heterocycles. The van der Waals surface area contributed by atoms with E-state index < -0.39 is 0 Å². The fourth-order valence-corrected chi connectivity index (χ4v) is 2.46. The Morgan fingerprint density at radius 2 is 1.74 bits per heavy atom. The molecule has 0 saturated carbocycles. The number of hydrogen-bond donors (Lipinski definition) is 1. The first-order valence-electron chi connectivity index (χ1n) is 6.07. The van der Waals surface area contributed by atoms with Crippen molar-refractivity contribution < 1.29 is 0 Å². The summed E-state index contributed by atoms with van der Waals surface area (Å²) in [5.41, 5.74) is 11.1. The second-order valence-electron chi connectivity index (χ2n) is 4.75. The molecule has 0 amide bonds.